The first-order valence-electron chi connectivity index (χ1n) is 6.36. The highest BCUT2D eigenvalue weighted by atomic mass is 79.9. The molecule has 0 aliphatic carbocycles. The SMILES string of the molecule is CNC(=O)C(CC(C)C)NS(=O)(=O)c1ccc(Br)cc1F. The Labute approximate surface area is 132 Å². The van der Waals surface area contributed by atoms with Crippen molar-refractivity contribution >= 4 is 31.9 Å². The number of carbonyl (C=O) groups excluding carboxylic acids is 1. The maximum Gasteiger partial charge on any atom is 0.244 e. The van der Waals surface area contributed by atoms with Crippen LogP contribution in [0.5, 0.6) is 0 Å². The first-order chi connectivity index (χ1) is 9.67. The molecule has 0 fully saturated rings. The van der Waals surface area contributed by atoms with Gasteiger partial charge in [0.2, 0.25) is 15.9 Å². The summed E-state index contributed by atoms with van der Waals surface area (Å²) in [7, 11) is -2.69. The standard InChI is InChI=1S/C13H18BrFN2O3S/c1-8(2)6-11(13(18)16-3)17-21(19,20)12-5-4-9(14)7-10(12)15/h4-5,7-8,11,17H,6H2,1-3H3,(H,16,18). The van der Waals surface area contributed by atoms with Crippen molar-refractivity contribution in [1.82, 2.24) is 10.0 Å². The van der Waals surface area contributed by atoms with E-state index in [1.165, 1.54) is 13.1 Å². The molecule has 0 saturated carbocycles. The van der Waals surface area contributed by atoms with Crippen LogP contribution in [0.2, 0.25) is 0 Å². The third kappa shape index (κ3) is 5.05. The summed E-state index contributed by atoms with van der Waals surface area (Å²) in [5.41, 5.74) is 0. The molecule has 1 unspecified atom stereocenters. The number of halogens is 2. The van der Waals surface area contributed by atoms with E-state index in [1.54, 1.807) is 0 Å². The zero-order valence-electron chi connectivity index (χ0n) is 12.0. The summed E-state index contributed by atoms with van der Waals surface area (Å²) in [5.74, 6) is -1.23. The lowest BCUT2D eigenvalue weighted by molar-refractivity contribution is -0.122. The lowest BCUT2D eigenvalue weighted by atomic mass is 10.0. The number of hydrogen-bond donors (Lipinski definition) is 2. The maximum atomic E-state index is 13.8. The van der Waals surface area contributed by atoms with Crippen LogP contribution >= 0.6 is 15.9 Å². The van der Waals surface area contributed by atoms with Crippen molar-refractivity contribution in [1.29, 1.82) is 0 Å². The van der Waals surface area contributed by atoms with Gasteiger partial charge in [-0.1, -0.05) is 29.8 Å². The van der Waals surface area contributed by atoms with Gasteiger partial charge in [0.25, 0.3) is 0 Å². The van der Waals surface area contributed by atoms with Gasteiger partial charge in [-0.3, -0.25) is 4.79 Å². The first kappa shape index (κ1) is 18.1. The minimum absolute atomic E-state index is 0.102. The summed E-state index contributed by atoms with van der Waals surface area (Å²) in [6.07, 6.45) is 0.317. The number of benzene rings is 1. The lowest BCUT2D eigenvalue weighted by Crippen LogP contribution is -2.46. The van der Waals surface area contributed by atoms with Crippen LogP contribution in [0.25, 0.3) is 0 Å². The third-order valence-electron chi connectivity index (χ3n) is 2.75. The number of carbonyl (C=O) groups is 1. The quantitative estimate of drug-likeness (QED) is 0.792. The lowest BCUT2D eigenvalue weighted by Gasteiger charge is -2.19. The van der Waals surface area contributed by atoms with Crippen LogP contribution in [0, 0.1) is 11.7 Å². The summed E-state index contributed by atoms with van der Waals surface area (Å²) in [4.78, 5) is 11.3. The Bertz CT molecular complexity index is 620. The van der Waals surface area contributed by atoms with Gasteiger partial charge in [0.05, 0.1) is 0 Å². The number of rotatable bonds is 6. The van der Waals surface area contributed by atoms with Crippen LogP contribution in [-0.2, 0) is 14.8 Å². The second kappa shape index (κ2) is 7.33. The van der Waals surface area contributed by atoms with Gasteiger partial charge in [0.1, 0.15) is 16.8 Å². The van der Waals surface area contributed by atoms with E-state index in [4.69, 9.17) is 0 Å². The minimum atomic E-state index is -4.11. The molecule has 1 atom stereocenters. The minimum Gasteiger partial charge on any atom is -0.358 e. The van der Waals surface area contributed by atoms with Gasteiger partial charge in [0, 0.05) is 11.5 Å². The zero-order chi connectivity index (χ0) is 16.2. The monoisotopic (exact) mass is 380 g/mol. The first-order valence-corrected chi connectivity index (χ1v) is 8.64. The summed E-state index contributed by atoms with van der Waals surface area (Å²) >= 11 is 3.06. The molecule has 0 spiro atoms. The van der Waals surface area contributed by atoms with Crippen LogP contribution in [0.15, 0.2) is 27.6 Å². The average Bonchev–Trinajstić information content (AvgIpc) is 2.35. The number of hydrogen-bond acceptors (Lipinski definition) is 3. The van der Waals surface area contributed by atoms with Crippen molar-refractivity contribution in [2.24, 2.45) is 5.92 Å². The number of amides is 1. The van der Waals surface area contributed by atoms with E-state index >= 15 is 0 Å². The Balaban J connectivity index is 3.08. The predicted octanol–water partition coefficient (Wildman–Crippen LogP) is 2.03. The predicted molar refractivity (Wildman–Crippen MR) is 81.7 cm³/mol. The van der Waals surface area contributed by atoms with Crippen molar-refractivity contribution in [2.45, 2.75) is 31.2 Å². The molecule has 21 heavy (non-hydrogen) atoms. The molecule has 2 N–H and O–H groups in total. The molecule has 0 aliphatic rings. The molecule has 0 radical (unpaired) electrons. The molecule has 0 bridgehead atoms. The van der Waals surface area contributed by atoms with Crippen molar-refractivity contribution < 1.29 is 17.6 Å². The maximum absolute atomic E-state index is 13.8. The van der Waals surface area contributed by atoms with E-state index in [2.05, 4.69) is 26.0 Å². The van der Waals surface area contributed by atoms with Gasteiger partial charge in [0.15, 0.2) is 0 Å². The summed E-state index contributed by atoms with van der Waals surface area (Å²) < 4.78 is 40.9. The molecule has 0 heterocycles. The van der Waals surface area contributed by atoms with Crippen molar-refractivity contribution in [2.75, 3.05) is 7.05 Å². The van der Waals surface area contributed by atoms with Gasteiger partial charge >= 0.3 is 0 Å². The van der Waals surface area contributed by atoms with Gasteiger partial charge in [-0.15, -0.1) is 0 Å². The molecule has 1 aromatic carbocycles. The molecule has 0 aliphatic heterocycles. The molecule has 1 aromatic rings. The Morgan fingerprint density at radius 3 is 2.48 bits per heavy atom. The summed E-state index contributed by atoms with van der Waals surface area (Å²) in [6, 6.07) is 2.70. The highest BCUT2D eigenvalue weighted by Gasteiger charge is 2.27. The molecule has 1 rings (SSSR count). The Kier molecular flexibility index (Phi) is 6.30. The van der Waals surface area contributed by atoms with E-state index in [0.29, 0.717) is 10.9 Å². The fraction of sp³-hybridized carbons (Fsp3) is 0.462. The highest BCUT2D eigenvalue weighted by Crippen LogP contribution is 2.20. The molecule has 0 aromatic heterocycles. The van der Waals surface area contributed by atoms with Crippen LogP contribution in [0.4, 0.5) is 4.39 Å². The highest BCUT2D eigenvalue weighted by molar-refractivity contribution is 9.10. The molecule has 1 amide bonds. The fourth-order valence-electron chi connectivity index (χ4n) is 1.80. The Morgan fingerprint density at radius 2 is 2.00 bits per heavy atom. The van der Waals surface area contributed by atoms with Crippen LogP contribution < -0.4 is 10.0 Å². The fourth-order valence-corrected chi connectivity index (χ4v) is 3.40. The summed E-state index contributed by atoms with van der Waals surface area (Å²) in [6.45, 7) is 3.73. The zero-order valence-corrected chi connectivity index (χ0v) is 14.4. The molecular weight excluding hydrogens is 363 g/mol. The van der Waals surface area contributed by atoms with Crippen molar-refractivity contribution in [3.8, 4) is 0 Å². The van der Waals surface area contributed by atoms with Crippen molar-refractivity contribution in [3.63, 3.8) is 0 Å². The van der Waals surface area contributed by atoms with Crippen molar-refractivity contribution in [3.05, 3.63) is 28.5 Å². The molecular formula is C13H18BrFN2O3S. The second-order valence-corrected chi connectivity index (χ2v) is 7.59. The Morgan fingerprint density at radius 1 is 1.38 bits per heavy atom. The molecule has 5 nitrogen and oxygen atoms in total. The van der Waals surface area contributed by atoms with E-state index in [-0.39, 0.29) is 5.92 Å². The van der Waals surface area contributed by atoms with E-state index in [9.17, 15) is 17.6 Å². The number of nitrogens with one attached hydrogen (secondary N) is 2. The van der Waals surface area contributed by atoms with E-state index in [1.807, 2.05) is 13.8 Å². The van der Waals surface area contributed by atoms with Gasteiger partial charge < -0.3 is 5.32 Å². The molecule has 0 saturated heterocycles. The third-order valence-corrected chi connectivity index (χ3v) is 4.75. The number of sulfonamides is 1. The Hall–Kier alpha value is -0.990. The summed E-state index contributed by atoms with van der Waals surface area (Å²) in [5, 5.41) is 2.40. The van der Waals surface area contributed by atoms with Crippen LogP contribution in [0.3, 0.4) is 0 Å². The molecule has 8 heteroatoms. The van der Waals surface area contributed by atoms with Gasteiger partial charge in [-0.05, 0) is 30.5 Å². The molecule has 118 valence electrons. The van der Waals surface area contributed by atoms with Gasteiger partial charge in [-0.2, -0.15) is 4.72 Å². The van der Waals surface area contributed by atoms with E-state index < -0.39 is 32.7 Å². The van der Waals surface area contributed by atoms with Gasteiger partial charge in [-0.25, -0.2) is 12.8 Å². The topological polar surface area (TPSA) is 75.3 Å². The van der Waals surface area contributed by atoms with Crippen LogP contribution in [-0.4, -0.2) is 27.4 Å². The largest absolute Gasteiger partial charge is 0.358 e. The second-order valence-electron chi connectivity index (χ2n) is 4.99. The smallest absolute Gasteiger partial charge is 0.244 e. The van der Waals surface area contributed by atoms with E-state index in [0.717, 1.165) is 12.1 Å². The average molecular weight is 381 g/mol. The number of likely N-dealkylation sites (N-methyl/N-ethyl adjacent to an activating group) is 1. The van der Waals surface area contributed by atoms with Crippen LogP contribution in [0.1, 0.15) is 20.3 Å². The normalized spacial score (nSPS) is 13.2.